The van der Waals surface area contributed by atoms with Crippen molar-refractivity contribution in [1.82, 2.24) is 9.88 Å². The molecule has 1 heterocycles. The molecule has 0 saturated carbocycles. The lowest BCUT2D eigenvalue weighted by Gasteiger charge is -2.24. The maximum Gasteiger partial charge on any atom is 0.415 e. The molecule has 4 aromatic rings. The molecule has 2 N–H and O–H groups in total. The second-order valence-corrected chi connectivity index (χ2v) is 8.02. The van der Waals surface area contributed by atoms with Crippen LogP contribution < -0.4 is 10.1 Å². The van der Waals surface area contributed by atoms with Gasteiger partial charge in [-0.15, -0.1) is 0 Å². The average Bonchev–Trinajstić information content (AvgIpc) is 3.25. The molecule has 0 saturated heterocycles. The lowest BCUT2D eigenvalue weighted by molar-refractivity contribution is -0.202. The van der Waals surface area contributed by atoms with E-state index in [-0.39, 0.29) is 0 Å². The molecule has 2 unspecified atom stereocenters. The second-order valence-electron chi connectivity index (χ2n) is 8.02. The minimum absolute atomic E-state index is 0.561. The summed E-state index contributed by atoms with van der Waals surface area (Å²) in [7, 11) is 1.93. The van der Waals surface area contributed by atoms with Crippen LogP contribution in [0, 0.1) is 0 Å². The SMILES string of the molecule is Cn1cccc1-c1cccc(C(NCC(O)C(F)(F)F)c2cccc(Oc3ccccc3)c2)c1. The van der Waals surface area contributed by atoms with E-state index in [4.69, 9.17) is 4.74 Å². The minimum Gasteiger partial charge on any atom is -0.457 e. The van der Waals surface area contributed by atoms with Gasteiger partial charge in [0, 0.05) is 25.5 Å². The summed E-state index contributed by atoms with van der Waals surface area (Å²) in [5, 5.41) is 12.5. The van der Waals surface area contributed by atoms with Crippen LogP contribution in [0.15, 0.2) is 97.2 Å². The van der Waals surface area contributed by atoms with Crippen molar-refractivity contribution in [2.24, 2.45) is 7.05 Å². The average molecular weight is 467 g/mol. The number of aliphatic hydroxyl groups is 1. The van der Waals surface area contributed by atoms with Crippen LogP contribution in [0.4, 0.5) is 13.2 Å². The first-order valence-corrected chi connectivity index (χ1v) is 10.8. The van der Waals surface area contributed by atoms with E-state index in [0.29, 0.717) is 17.1 Å². The van der Waals surface area contributed by atoms with Gasteiger partial charge in [-0.05, 0) is 59.2 Å². The lowest BCUT2D eigenvalue weighted by Crippen LogP contribution is -2.40. The van der Waals surface area contributed by atoms with Crippen molar-refractivity contribution in [3.63, 3.8) is 0 Å². The Morgan fingerprint density at radius 1 is 0.853 bits per heavy atom. The predicted octanol–water partition coefficient (Wildman–Crippen LogP) is 6.09. The zero-order chi connectivity index (χ0) is 24.1. The van der Waals surface area contributed by atoms with Crippen LogP contribution in [0.3, 0.4) is 0 Å². The molecule has 7 heteroatoms. The summed E-state index contributed by atoms with van der Waals surface area (Å²) in [5.74, 6) is 1.22. The highest BCUT2D eigenvalue weighted by atomic mass is 19.4. The number of halogens is 3. The Hall–Kier alpha value is -3.55. The van der Waals surface area contributed by atoms with E-state index in [9.17, 15) is 18.3 Å². The smallest absolute Gasteiger partial charge is 0.415 e. The number of para-hydroxylation sites is 1. The number of aromatic nitrogens is 1. The number of nitrogens with one attached hydrogen (secondary N) is 1. The Morgan fingerprint density at radius 3 is 2.21 bits per heavy atom. The molecule has 34 heavy (non-hydrogen) atoms. The molecular formula is C27H25F3N2O2. The topological polar surface area (TPSA) is 46.4 Å². The Morgan fingerprint density at radius 2 is 1.53 bits per heavy atom. The first-order valence-electron chi connectivity index (χ1n) is 10.8. The zero-order valence-corrected chi connectivity index (χ0v) is 18.5. The molecule has 0 aliphatic carbocycles. The van der Waals surface area contributed by atoms with Crippen molar-refractivity contribution >= 4 is 0 Å². The van der Waals surface area contributed by atoms with Gasteiger partial charge in [-0.25, -0.2) is 0 Å². The highest BCUT2D eigenvalue weighted by Crippen LogP contribution is 2.31. The summed E-state index contributed by atoms with van der Waals surface area (Å²) in [4.78, 5) is 0. The molecule has 0 bridgehead atoms. The summed E-state index contributed by atoms with van der Waals surface area (Å²) in [6.07, 6.45) is -5.25. The van der Waals surface area contributed by atoms with E-state index in [1.165, 1.54) is 0 Å². The number of benzene rings is 3. The van der Waals surface area contributed by atoms with Crippen LogP contribution in [-0.2, 0) is 7.05 Å². The van der Waals surface area contributed by atoms with E-state index in [0.717, 1.165) is 16.8 Å². The fraction of sp³-hybridized carbons (Fsp3) is 0.185. The third-order valence-electron chi connectivity index (χ3n) is 5.52. The number of aryl methyl sites for hydroxylation is 1. The number of hydrogen-bond acceptors (Lipinski definition) is 3. The molecule has 0 aliphatic rings. The van der Waals surface area contributed by atoms with E-state index < -0.39 is 24.9 Å². The van der Waals surface area contributed by atoms with Crippen molar-refractivity contribution in [1.29, 1.82) is 0 Å². The van der Waals surface area contributed by atoms with Gasteiger partial charge in [0.05, 0.1) is 6.04 Å². The summed E-state index contributed by atoms with van der Waals surface area (Å²) < 4.78 is 46.9. The van der Waals surface area contributed by atoms with Crippen LogP contribution in [0.2, 0.25) is 0 Å². The third-order valence-corrected chi connectivity index (χ3v) is 5.52. The highest BCUT2D eigenvalue weighted by Gasteiger charge is 2.38. The fourth-order valence-electron chi connectivity index (χ4n) is 3.79. The molecule has 0 spiro atoms. The van der Waals surface area contributed by atoms with E-state index in [1.807, 2.05) is 90.6 Å². The maximum absolute atomic E-state index is 13.0. The van der Waals surface area contributed by atoms with Gasteiger partial charge >= 0.3 is 6.18 Å². The van der Waals surface area contributed by atoms with Gasteiger partial charge in [-0.3, -0.25) is 0 Å². The van der Waals surface area contributed by atoms with Crippen molar-refractivity contribution < 1.29 is 23.0 Å². The van der Waals surface area contributed by atoms with Gasteiger partial charge in [-0.2, -0.15) is 13.2 Å². The van der Waals surface area contributed by atoms with Gasteiger partial charge in [0.1, 0.15) is 11.5 Å². The van der Waals surface area contributed by atoms with E-state index in [1.54, 1.807) is 18.2 Å². The molecule has 4 rings (SSSR count). The molecule has 4 nitrogen and oxygen atoms in total. The van der Waals surface area contributed by atoms with Gasteiger partial charge in [-0.1, -0.05) is 48.5 Å². The zero-order valence-electron chi connectivity index (χ0n) is 18.5. The molecule has 0 aliphatic heterocycles. The number of ether oxygens (including phenoxy) is 1. The van der Waals surface area contributed by atoms with Crippen molar-refractivity contribution in [3.05, 3.63) is 108 Å². The predicted molar refractivity (Wildman–Crippen MR) is 126 cm³/mol. The Bertz CT molecular complexity index is 1220. The van der Waals surface area contributed by atoms with Gasteiger partial charge < -0.3 is 19.7 Å². The van der Waals surface area contributed by atoms with Crippen LogP contribution in [0.25, 0.3) is 11.3 Å². The summed E-state index contributed by atoms with van der Waals surface area (Å²) >= 11 is 0. The summed E-state index contributed by atoms with van der Waals surface area (Å²) in [5.41, 5.74) is 3.40. The molecule has 0 amide bonds. The Kier molecular flexibility index (Phi) is 7.05. The maximum atomic E-state index is 13.0. The molecule has 3 aromatic carbocycles. The molecular weight excluding hydrogens is 441 g/mol. The quantitative estimate of drug-likeness (QED) is 0.331. The molecule has 1 aromatic heterocycles. The van der Waals surface area contributed by atoms with Gasteiger partial charge in [0.15, 0.2) is 6.10 Å². The van der Waals surface area contributed by atoms with Crippen molar-refractivity contribution in [2.75, 3.05) is 6.54 Å². The summed E-state index contributed by atoms with van der Waals surface area (Å²) in [6, 6.07) is 27.4. The molecule has 0 radical (unpaired) electrons. The van der Waals surface area contributed by atoms with Gasteiger partial charge in [0.2, 0.25) is 0 Å². The summed E-state index contributed by atoms with van der Waals surface area (Å²) in [6.45, 7) is -0.647. The highest BCUT2D eigenvalue weighted by molar-refractivity contribution is 5.61. The fourth-order valence-corrected chi connectivity index (χ4v) is 3.79. The number of rotatable bonds is 8. The standard InChI is InChI=1S/C27H25F3N2O2/c1-32-15-7-14-24(32)19-8-5-9-20(16-19)26(31-18-25(33)27(28,29)30)21-10-6-13-23(17-21)34-22-11-3-2-4-12-22/h2-17,25-26,31,33H,18H2,1H3. The van der Waals surface area contributed by atoms with E-state index >= 15 is 0 Å². The molecule has 176 valence electrons. The van der Waals surface area contributed by atoms with Gasteiger partial charge in [0.25, 0.3) is 0 Å². The Balaban J connectivity index is 1.68. The monoisotopic (exact) mass is 466 g/mol. The largest absolute Gasteiger partial charge is 0.457 e. The Labute approximate surface area is 196 Å². The normalized spacial score (nSPS) is 13.4. The lowest BCUT2D eigenvalue weighted by atomic mass is 9.96. The first kappa shape index (κ1) is 23.6. The number of alkyl halides is 3. The minimum atomic E-state index is -4.71. The van der Waals surface area contributed by atoms with Crippen LogP contribution in [0.1, 0.15) is 17.2 Å². The third kappa shape index (κ3) is 5.68. The number of hydrogen-bond donors (Lipinski definition) is 2. The first-order chi connectivity index (χ1) is 16.3. The van der Waals surface area contributed by atoms with Crippen LogP contribution in [0.5, 0.6) is 11.5 Å². The van der Waals surface area contributed by atoms with Crippen LogP contribution >= 0.6 is 0 Å². The van der Waals surface area contributed by atoms with Crippen LogP contribution in [-0.4, -0.2) is 28.5 Å². The van der Waals surface area contributed by atoms with Crippen molar-refractivity contribution in [2.45, 2.75) is 18.3 Å². The molecule has 2 atom stereocenters. The van der Waals surface area contributed by atoms with E-state index in [2.05, 4.69) is 5.32 Å². The number of aliphatic hydroxyl groups excluding tert-OH is 1. The molecule has 0 fully saturated rings. The van der Waals surface area contributed by atoms with Crippen molar-refractivity contribution in [3.8, 4) is 22.8 Å². The number of nitrogens with zero attached hydrogens (tertiary/aromatic N) is 1. The second kappa shape index (κ2) is 10.2.